The van der Waals surface area contributed by atoms with Gasteiger partial charge in [0.15, 0.2) is 0 Å². The summed E-state index contributed by atoms with van der Waals surface area (Å²) in [6.45, 7) is 3.29. The Balaban J connectivity index is 3.03. The predicted octanol–water partition coefficient (Wildman–Crippen LogP) is 0.376. The van der Waals surface area contributed by atoms with E-state index >= 15 is 0 Å². The van der Waals surface area contributed by atoms with E-state index in [4.69, 9.17) is 0 Å². The summed E-state index contributed by atoms with van der Waals surface area (Å²) in [5, 5.41) is 3.00. The summed E-state index contributed by atoms with van der Waals surface area (Å²) in [6.07, 6.45) is 1.61. The van der Waals surface area contributed by atoms with Crippen molar-refractivity contribution in [2.45, 2.75) is 13.5 Å². The monoisotopic (exact) mass is 293 g/mol. The van der Waals surface area contributed by atoms with Gasteiger partial charge < -0.3 is 5.32 Å². The molecule has 1 aromatic heterocycles. The quantitative estimate of drug-likeness (QED) is 0.819. The third-order valence-electron chi connectivity index (χ3n) is 1.79. The molecule has 0 aliphatic rings. The Morgan fingerprint density at radius 2 is 2.38 bits per heavy atom. The molecule has 72 valence electrons. The Labute approximate surface area is 90.5 Å². The molecule has 13 heavy (non-hydrogen) atoms. The molecule has 1 rings (SSSR count). The van der Waals surface area contributed by atoms with Crippen molar-refractivity contribution >= 4 is 22.6 Å². The SMILES string of the molecule is CNCCn1c(C)ncc(I)c1=O. The number of aromatic nitrogens is 2. The number of hydrogen-bond acceptors (Lipinski definition) is 3. The second-order valence-corrected chi connectivity index (χ2v) is 3.88. The lowest BCUT2D eigenvalue weighted by atomic mass is 10.5. The van der Waals surface area contributed by atoms with Gasteiger partial charge in [-0.25, -0.2) is 4.98 Å². The summed E-state index contributed by atoms with van der Waals surface area (Å²) >= 11 is 2.00. The summed E-state index contributed by atoms with van der Waals surface area (Å²) < 4.78 is 2.34. The van der Waals surface area contributed by atoms with Crippen molar-refractivity contribution in [1.82, 2.24) is 14.9 Å². The van der Waals surface area contributed by atoms with Gasteiger partial charge in [-0.15, -0.1) is 0 Å². The molecule has 5 heteroatoms. The van der Waals surface area contributed by atoms with Crippen LogP contribution in [0.1, 0.15) is 5.82 Å². The summed E-state index contributed by atoms with van der Waals surface area (Å²) in [6, 6.07) is 0. The minimum atomic E-state index is 0.0448. The summed E-state index contributed by atoms with van der Waals surface area (Å²) in [7, 11) is 1.86. The van der Waals surface area contributed by atoms with Crippen LogP contribution in [0.3, 0.4) is 0 Å². The maximum Gasteiger partial charge on any atom is 0.266 e. The van der Waals surface area contributed by atoms with E-state index in [9.17, 15) is 4.79 Å². The molecule has 0 bridgehead atoms. The van der Waals surface area contributed by atoms with Crippen molar-refractivity contribution in [1.29, 1.82) is 0 Å². The number of hydrogen-bond donors (Lipinski definition) is 1. The zero-order valence-electron chi connectivity index (χ0n) is 7.67. The van der Waals surface area contributed by atoms with Crippen molar-refractivity contribution < 1.29 is 0 Å². The van der Waals surface area contributed by atoms with Crippen molar-refractivity contribution in [3.8, 4) is 0 Å². The maximum absolute atomic E-state index is 11.6. The van der Waals surface area contributed by atoms with Crippen LogP contribution in [0.2, 0.25) is 0 Å². The highest BCUT2D eigenvalue weighted by molar-refractivity contribution is 14.1. The molecule has 0 radical (unpaired) electrons. The standard InChI is InChI=1S/C8H12IN3O/c1-6-11-5-7(9)8(13)12(6)4-3-10-2/h5,10H,3-4H2,1-2H3. The molecule has 0 saturated heterocycles. The molecule has 0 fully saturated rings. The van der Waals surface area contributed by atoms with Gasteiger partial charge >= 0.3 is 0 Å². The number of aryl methyl sites for hydroxylation is 1. The highest BCUT2D eigenvalue weighted by Crippen LogP contribution is 1.96. The second kappa shape index (κ2) is 4.71. The van der Waals surface area contributed by atoms with Crippen molar-refractivity contribution in [2.24, 2.45) is 0 Å². The van der Waals surface area contributed by atoms with Crippen LogP contribution >= 0.6 is 22.6 Å². The van der Waals surface area contributed by atoms with E-state index in [0.29, 0.717) is 10.1 Å². The lowest BCUT2D eigenvalue weighted by Gasteiger charge is -2.08. The average Bonchev–Trinajstić information content (AvgIpc) is 2.12. The molecule has 4 nitrogen and oxygen atoms in total. The third kappa shape index (κ3) is 2.50. The molecule has 0 unspecified atom stereocenters. The van der Waals surface area contributed by atoms with E-state index in [1.54, 1.807) is 10.8 Å². The Hall–Kier alpha value is -0.430. The van der Waals surface area contributed by atoms with Crippen LogP contribution in [0, 0.1) is 10.5 Å². The van der Waals surface area contributed by atoms with Crippen LogP contribution in [0.25, 0.3) is 0 Å². The van der Waals surface area contributed by atoms with Gasteiger partial charge in [0.2, 0.25) is 0 Å². The van der Waals surface area contributed by atoms with E-state index in [1.807, 2.05) is 36.6 Å². The molecule has 0 saturated carbocycles. The van der Waals surface area contributed by atoms with Gasteiger partial charge in [-0.2, -0.15) is 0 Å². The first kappa shape index (κ1) is 10.6. The van der Waals surface area contributed by atoms with Crippen molar-refractivity contribution in [2.75, 3.05) is 13.6 Å². The molecule has 0 spiro atoms. The van der Waals surface area contributed by atoms with Gasteiger partial charge in [-0.3, -0.25) is 9.36 Å². The topological polar surface area (TPSA) is 46.9 Å². The molecule has 0 aliphatic heterocycles. The van der Waals surface area contributed by atoms with Gasteiger partial charge in [0.05, 0.1) is 3.57 Å². The molecule has 1 heterocycles. The first-order valence-electron chi connectivity index (χ1n) is 4.03. The fourth-order valence-electron chi connectivity index (χ4n) is 1.04. The smallest absolute Gasteiger partial charge is 0.266 e. The first-order valence-corrected chi connectivity index (χ1v) is 5.11. The Morgan fingerprint density at radius 1 is 1.69 bits per heavy atom. The van der Waals surface area contributed by atoms with Gasteiger partial charge in [0, 0.05) is 19.3 Å². The fourth-order valence-corrected chi connectivity index (χ4v) is 1.47. The largest absolute Gasteiger partial charge is 0.318 e. The number of rotatable bonds is 3. The zero-order valence-corrected chi connectivity index (χ0v) is 9.83. The van der Waals surface area contributed by atoms with Gasteiger partial charge in [-0.05, 0) is 36.6 Å². The molecule has 0 aliphatic carbocycles. The molecule has 0 amide bonds. The molecule has 1 N–H and O–H groups in total. The molecule has 0 atom stereocenters. The van der Waals surface area contributed by atoms with Gasteiger partial charge in [-0.1, -0.05) is 0 Å². The molecular weight excluding hydrogens is 281 g/mol. The Morgan fingerprint density at radius 3 is 3.00 bits per heavy atom. The maximum atomic E-state index is 11.6. The molecule has 0 aromatic carbocycles. The van der Waals surface area contributed by atoms with E-state index in [0.717, 1.165) is 12.4 Å². The van der Waals surface area contributed by atoms with Crippen molar-refractivity contribution in [3.63, 3.8) is 0 Å². The van der Waals surface area contributed by atoms with Crippen LogP contribution in [0.15, 0.2) is 11.0 Å². The Bertz CT molecular complexity index is 348. The van der Waals surface area contributed by atoms with E-state index in [-0.39, 0.29) is 5.56 Å². The highest BCUT2D eigenvalue weighted by Gasteiger charge is 2.03. The number of nitrogens with zero attached hydrogens (tertiary/aromatic N) is 2. The van der Waals surface area contributed by atoms with Crippen LogP contribution < -0.4 is 10.9 Å². The third-order valence-corrected chi connectivity index (χ3v) is 2.53. The lowest BCUT2D eigenvalue weighted by Crippen LogP contribution is -2.29. The predicted molar refractivity (Wildman–Crippen MR) is 59.9 cm³/mol. The van der Waals surface area contributed by atoms with Gasteiger partial charge in [0.1, 0.15) is 5.82 Å². The molecule has 1 aromatic rings. The molecular formula is C8H12IN3O. The number of likely N-dealkylation sites (N-methyl/N-ethyl adjacent to an activating group) is 1. The summed E-state index contributed by atoms with van der Waals surface area (Å²) in [4.78, 5) is 15.7. The average molecular weight is 293 g/mol. The first-order chi connectivity index (χ1) is 6.16. The van der Waals surface area contributed by atoms with Crippen LogP contribution in [0.5, 0.6) is 0 Å². The van der Waals surface area contributed by atoms with Crippen LogP contribution in [-0.2, 0) is 6.54 Å². The van der Waals surface area contributed by atoms with E-state index < -0.39 is 0 Å². The minimum Gasteiger partial charge on any atom is -0.318 e. The second-order valence-electron chi connectivity index (χ2n) is 2.71. The Kier molecular flexibility index (Phi) is 3.86. The number of halogens is 1. The minimum absolute atomic E-state index is 0.0448. The van der Waals surface area contributed by atoms with E-state index in [1.165, 1.54) is 0 Å². The van der Waals surface area contributed by atoms with Crippen molar-refractivity contribution in [3.05, 3.63) is 25.9 Å². The van der Waals surface area contributed by atoms with Crippen LogP contribution in [0.4, 0.5) is 0 Å². The lowest BCUT2D eigenvalue weighted by molar-refractivity contribution is 0.595. The number of nitrogens with one attached hydrogen (secondary N) is 1. The zero-order chi connectivity index (χ0) is 9.84. The normalized spacial score (nSPS) is 10.4. The fraction of sp³-hybridized carbons (Fsp3) is 0.500. The van der Waals surface area contributed by atoms with Gasteiger partial charge in [0.25, 0.3) is 5.56 Å². The van der Waals surface area contributed by atoms with Crippen LogP contribution in [-0.4, -0.2) is 23.1 Å². The highest BCUT2D eigenvalue weighted by atomic mass is 127. The summed E-state index contributed by atoms with van der Waals surface area (Å²) in [5.41, 5.74) is 0.0448. The van der Waals surface area contributed by atoms with E-state index in [2.05, 4.69) is 10.3 Å². The summed E-state index contributed by atoms with van der Waals surface area (Å²) in [5.74, 6) is 0.765.